The third-order valence-corrected chi connectivity index (χ3v) is 13.0. The molecular weight excluding hydrogens is 692 g/mol. The van der Waals surface area contributed by atoms with Crippen molar-refractivity contribution in [1.29, 1.82) is 0 Å². The van der Waals surface area contributed by atoms with Gasteiger partial charge in [0.15, 0.2) is 18.1 Å². The van der Waals surface area contributed by atoms with E-state index in [-0.39, 0.29) is 57.0 Å². The Hall–Kier alpha value is -4.56. The Morgan fingerprint density at radius 3 is 2.42 bits per heavy atom. The number of benzene rings is 3. The standard InChI is InChI=1S/C36H30F3N3O6S2/c1-16-7-10-18(11-8-16)42-33(44)28-19-14-20(29(28)34(42)45)30-27(19)26(31-32(49-30)41-35(46)50-31)17-9-12-23(24(13-17)47-2)48-15-25(43)40-22-6-4-3-5-21(22)36(37,38)39/h3-13,19-20,26-30H,14-15H2,1-2H3,(H,40,43)(H,41,46)/t19-,20-,26+,27-,28+,29+,30-/m1/s1. The van der Waals surface area contributed by atoms with Crippen molar-refractivity contribution in [3.63, 3.8) is 0 Å². The molecule has 8 rings (SSSR count). The van der Waals surface area contributed by atoms with Crippen molar-refractivity contribution >= 4 is 52.2 Å². The van der Waals surface area contributed by atoms with Crippen molar-refractivity contribution < 1.29 is 37.0 Å². The van der Waals surface area contributed by atoms with Gasteiger partial charge in [0.1, 0.15) is 0 Å². The number of thioether (sulfide) groups is 1. The van der Waals surface area contributed by atoms with Crippen LogP contribution in [-0.2, 0) is 20.6 Å². The number of halogens is 3. The van der Waals surface area contributed by atoms with Crippen molar-refractivity contribution in [2.45, 2.75) is 35.7 Å². The van der Waals surface area contributed by atoms with Crippen LogP contribution in [0.3, 0.4) is 0 Å². The van der Waals surface area contributed by atoms with Crippen LogP contribution in [0.4, 0.5) is 24.5 Å². The van der Waals surface area contributed by atoms with Gasteiger partial charge in [0, 0.05) is 16.0 Å². The van der Waals surface area contributed by atoms with Gasteiger partial charge in [0.2, 0.25) is 11.8 Å². The molecule has 7 atom stereocenters. The molecule has 2 saturated carbocycles. The molecule has 2 N–H and O–H groups in total. The first-order valence-electron chi connectivity index (χ1n) is 16.1. The smallest absolute Gasteiger partial charge is 0.418 e. The highest BCUT2D eigenvalue weighted by molar-refractivity contribution is 8.00. The minimum atomic E-state index is -4.64. The lowest BCUT2D eigenvalue weighted by Crippen LogP contribution is -2.42. The highest BCUT2D eigenvalue weighted by Gasteiger charge is 2.69. The van der Waals surface area contributed by atoms with Crippen LogP contribution in [0.2, 0.25) is 0 Å². The van der Waals surface area contributed by atoms with Crippen LogP contribution in [-0.4, -0.2) is 41.7 Å². The number of thiazole rings is 1. The zero-order valence-electron chi connectivity index (χ0n) is 26.7. The molecule has 1 saturated heterocycles. The molecule has 2 aliphatic carbocycles. The van der Waals surface area contributed by atoms with E-state index in [4.69, 9.17) is 9.47 Å². The predicted octanol–water partition coefficient (Wildman–Crippen LogP) is 6.47. The zero-order valence-corrected chi connectivity index (χ0v) is 28.3. The van der Waals surface area contributed by atoms with Crippen molar-refractivity contribution in [1.82, 2.24) is 4.98 Å². The van der Waals surface area contributed by atoms with Gasteiger partial charge in [-0.15, -0.1) is 11.8 Å². The summed E-state index contributed by atoms with van der Waals surface area (Å²) in [5.41, 5.74) is 1.08. The fourth-order valence-corrected chi connectivity index (χ4v) is 11.4. The summed E-state index contributed by atoms with van der Waals surface area (Å²) in [6.45, 7) is 1.38. The van der Waals surface area contributed by atoms with Crippen molar-refractivity contribution in [3.8, 4) is 11.5 Å². The SMILES string of the molecule is COc1cc([C@@H]2c3sc(=O)[nH]c3S[C@@H]3[C@@H]4C[C@@H]([C@@H]5C(=O)N(c6ccc(C)cc6)C(=O)[C@@H]45)[C@H]23)ccc1OCC(=O)Nc1ccccc1C(F)(F)F. The quantitative estimate of drug-likeness (QED) is 0.210. The van der Waals surface area contributed by atoms with E-state index in [1.165, 1.54) is 30.2 Å². The Morgan fingerprint density at radius 2 is 1.70 bits per heavy atom. The number of aryl methyl sites for hydroxylation is 1. The topological polar surface area (TPSA) is 118 Å². The molecule has 9 nitrogen and oxygen atoms in total. The van der Waals surface area contributed by atoms with E-state index in [9.17, 15) is 32.3 Å². The van der Waals surface area contributed by atoms with E-state index in [0.29, 0.717) is 11.4 Å². The molecule has 258 valence electrons. The third-order valence-electron chi connectivity index (χ3n) is 10.4. The Morgan fingerprint density at radius 1 is 0.980 bits per heavy atom. The maximum absolute atomic E-state index is 14.0. The first-order valence-corrected chi connectivity index (χ1v) is 17.7. The minimum absolute atomic E-state index is 0.0103. The van der Waals surface area contributed by atoms with Gasteiger partial charge in [-0.25, -0.2) is 0 Å². The Bertz CT molecular complexity index is 2100. The van der Waals surface area contributed by atoms with E-state index in [2.05, 4.69) is 10.3 Å². The number of anilines is 2. The number of aromatic amines is 1. The average Bonchev–Trinajstić information content (AvgIpc) is 3.82. The number of hydrogen-bond acceptors (Lipinski definition) is 8. The number of imide groups is 1. The molecular formula is C36H30F3N3O6S2. The number of nitrogens with one attached hydrogen (secondary N) is 2. The van der Waals surface area contributed by atoms with Crippen LogP contribution in [0.1, 0.15) is 33.9 Å². The van der Waals surface area contributed by atoms with E-state index in [1.54, 1.807) is 23.9 Å². The number of methoxy groups -OCH3 is 1. The van der Waals surface area contributed by atoms with Crippen LogP contribution in [0.25, 0.3) is 0 Å². The molecule has 3 amide bonds. The summed E-state index contributed by atoms with van der Waals surface area (Å²) in [7, 11) is 1.44. The summed E-state index contributed by atoms with van der Waals surface area (Å²) in [6, 6.07) is 17.3. The van der Waals surface area contributed by atoms with Crippen LogP contribution < -0.4 is 24.6 Å². The highest BCUT2D eigenvalue weighted by Crippen LogP contribution is 2.68. The Kier molecular flexibility index (Phi) is 7.86. The Labute approximate surface area is 292 Å². The summed E-state index contributed by atoms with van der Waals surface area (Å²) in [4.78, 5) is 58.2. The van der Waals surface area contributed by atoms with Gasteiger partial charge < -0.3 is 19.8 Å². The van der Waals surface area contributed by atoms with Crippen LogP contribution in [0.5, 0.6) is 11.5 Å². The van der Waals surface area contributed by atoms with E-state index < -0.39 is 36.1 Å². The molecule has 3 aromatic carbocycles. The van der Waals surface area contributed by atoms with Gasteiger partial charge in [-0.05, 0) is 73.1 Å². The molecule has 3 heterocycles. The summed E-state index contributed by atoms with van der Waals surface area (Å²) in [6.07, 6.45) is -3.91. The number of hydrogen-bond donors (Lipinski definition) is 2. The number of fused-ring (bicyclic) bond motifs is 9. The lowest BCUT2D eigenvalue weighted by Gasteiger charge is -2.43. The molecule has 4 aromatic rings. The van der Waals surface area contributed by atoms with Gasteiger partial charge in [-0.3, -0.25) is 24.1 Å². The van der Waals surface area contributed by atoms with Gasteiger partial charge >= 0.3 is 11.0 Å². The molecule has 50 heavy (non-hydrogen) atoms. The molecule has 0 unspecified atom stereocenters. The number of carbonyl (C=O) groups excluding carboxylic acids is 3. The highest BCUT2D eigenvalue weighted by atomic mass is 32.2. The van der Waals surface area contributed by atoms with Gasteiger partial charge in [0.25, 0.3) is 5.91 Å². The fourth-order valence-electron chi connectivity index (χ4n) is 8.50. The van der Waals surface area contributed by atoms with Crippen molar-refractivity contribution in [2.75, 3.05) is 23.9 Å². The normalized spacial score (nSPS) is 26.4. The second-order valence-corrected chi connectivity index (χ2v) is 15.3. The molecule has 3 fully saturated rings. The van der Waals surface area contributed by atoms with Gasteiger partial charge in [0.05, 0.1) is 40.9 Å². The first kappa shape index (κ1) is 32.6. The number of ether oxygens (including phenoxy) is 2. The minimum Gasteiger partial charge on any atom is -0.493 e. The summed E-state index contributed by atoms with van der Waals surface area (Å²) < 4.78 is 51.6. The zero-order chi connectivity index (χ0) is 35.1. The van der Waals surface area contributed by atoms with E-state index in [0.717, 1.165) is 44.9 Å². The largest absolute Gasteiger partial charge is 0.493 e. The maximum Gasteiger partial charge on any atom is 0.418 e. The van der Waals surface area contributed by atoms with Gasteiger partial charge in [-0.2, -0.15) is 13.2 Å². The van der Waals surface area contributed by atoms with Crippen LogP contribution in [0, 0.1) is 36.5 Å². The molecule has 0 spiro atoms. The molecule has 2 aliphatic heterocycles. The molecule has 2 bridgehead atoms. The number of carbonyl (C=O) groups is 3. The first-order chi connectivity index (χ1) is 23.9. The summed E-state index contributed by atoms with van der Waals surface area (Å²) in [5, 5.41) is 3.02. The van der Waals surface area contributed by atoms with Crippen LogP contribution in [0.15, 0.2) is 76.6 Å². The molecule has 14 heteroatoms. The van der Waals surface area contributed by atoms with Crippen molar-refractivity contribution in [2.24, 2.45) is 29.6 Å². The van der Waals surface area contributed by atoms with Crippen LogP contribution >= 0.6 is 23.1 Å². The van der Waals surface area contributed by atoms with Gasteiger partial charge in [-0.1, -0.05) is 47.2 Å². The predicted molar refractivity (Wildman–Crippen MR) is 181 cm³/mol. The number of rotatable bonds is 7. The van der Waals surface area contributed by atoms with Crippen molar-refractivity contribution in [3.05, 3.63) is 98.0 Å². The second kappa shape index (κ2) is 12.0. The average molecular weight is 722 g/mol. The number of H-pyrrole nitrogens is 1. The summed E-state index contributed by atoms with van der Waals surface area (Å²) >= 11 is 2.72. The van der Waals surface area contributed by atoms with E-state index in [1.807, 2.05) is 37.3 Å². The number of amides is 3. The van der Waals surface area contributed by atoms with E-state index >= 15 is 0 Å². The lowest BCUT2D eigenvalue weighted by atomic mass is 9.68. The fraction of sp³-hybridized carbons (Fsp3) is 0.333. The number of nitrogens with zero attached hydrogens (tertiary/aromatic N) is 1. The number of alkyl halides is 3. The Balaban J connectivity index is 1.07. The lowest BCUT2D eigenvalue weighted by molar-refractivity contribution is -0.137. The number of aromatic nitrogens is 1. The maximum atomic E-state index is 14.0. The molecule has 1 aromatic heterocycles. The monoisotopic (exact) mass is 721 g/mol. The third kappa shape index (κ3) is 5.22. The summed E-state index contributed by atoms with van der Waals surface area (Å²) in [5.74, 6) is -1.96. The molecule has 4 aliphatic rings. The molecule has 0 radical (unpaired) electrons. The number of para-hydroxylation sites is 1. The second-order valence-electron chi connectivity index (χ2n) is 13.1.